The first-order valence-electron chi connectivity index (χ1n) is 11.7. The highest BCUT2D eigenvalue weighted by molar-refractivity contribution is 5.79. The minimum absolute atomic E-state index is 0.0992. The van der Waals surface area contributed by atoms with Crippen molar-refractivity contribution >= 4 is 16.8 Å². The van der Waals surface area contributed by atoms with Crippen molar-refractivity contribution in [2.45, 2.75) is 103 Å². The van der Waals surface area contributed by atoms with Crippen LogP contribution in [0.25, 0.3) is 11.0 Å². The van der Waals surface area contributed by atoms with Gasteiger partial charge in [0.1, 0.15) is 17.1 Å². The lowest BCUT2D eigenvalue weighted by molar-refractivity contribution is -0.156. The number of unbranched alkanes of at least 4 members (excludes halogenated alkanes) is 1. The topological polar surface area (TPSA) is 55.1 Å². The molecule has 1 heterocycles. The molecule has 1 aromatic carbocycles. The monoisotopic (exact) mass is 470 g/mol. The summed E-state index contributed by atoms with van der Waals surface area (Å²) in [5.74, 6) is 0.120. The lowest BCUT2D eigenvalue weighted by Gasteiger charge is -2.29. The molecule has 0 bridgehead atoms. The maximum atomic E-state index is 14.8. The first-order valence-corrected chi connectivity index (χ1v) is 11.7. The zero-order chi connectivity index (χ0) is 24.6. The summed E-state index contributed by atoms with van der Waals surface area (Å²) in [6.45, 7) is 6.17. The van der Waals surface area contributed by atoms with Crippen LogP contribution in [0.3, 0.4) is 0 Å². The molecule has 3 rings (SSSR count). The lowest BCUT2D eigenvalue weighted by atomic mass is 9.83. The third-order valence-corrected chi connectivity index (χ3v) is 6.43. The maximum Gasteiger partial charge on any atom is 0.389 e. The summed E-state index contributed by atoms with van der Waals surface area (Å²) in [5, 5.41) is 10.4. The van der Waals surface area contributed by atoms with E-state index in [4.69, 9.17) is 0 Å². The fourth-order valence-electron chi connectivity index (χ4n) is 4.62. The van der Waals surface area contributed by atoms with Crippen LogP contribution in [0.15, 0.2) is 12.1 Å². The quantitative estimate of drug-likeness (QED) is 0.308. The molecule has 33 heavy (non-hydrogen) atoms. The van der Waals surface area contributed by atoms with Crippen LogP contribution in [0.1, 0.15) is 96.5 Å². The predicted molar refractivity (Wildman–Crippen MR) is 119 cm³/mol. The summed E-state index contributed by atoms with van der Waals surface area (Å²) in [6, 6.07) is 3.37. The highest BCUT2D eigenvalue weighted by Gasteiger charge is 2.37. The number of fused-ring (bicyclic) bond motifs is 1. The largest absolute Gasteiger partial charge is 0.389 e. The second-order valence-electron chi connectivity index (χ2n) is 10.7. The molecule has 1 N–H and O–H groups in total. The Morgan fingerprint density at radius 1 is 1.15 bits per heavy atom. The number of rotatable bonds is 10. The van der Waals surface area contributed by atoms with Crippen molar-refractivity contribution in [2.75, 3.05) is 0 Å². The van der Waals surface area contributed by atoms with E-state index < -0.39 is 29.4 Å². The van der Waals surface area contributed by atoms with Crippen LogP contribution in [-0.4, -0.2) is 26.6 Å². The van der Waals surface area contributed by atoms with E-state index in [2.05, 4.69) is 9.55 Å². The molecular weight excluding hydrogens is 436 g/mol. The van der Waals surface area contributed by atoms with E-state index in [-0.39, 0.29) is 30.2 Å². The van der Waals surface area contributed by atoms with E-state index in [1.54, 1.807) is 19.9 Å². The molecule has 0 saturated heterocycles. The highest BCUT2D eigenvalue weighted by Crippen LogP contribution is 2.38. The molecule has 1 aliphatic carbocycles. The number of hydrogen-bond donors (Lipinski definition) is 1. The van der Waals surface area contributed by atoms with E-state index in [1.165, 1.54) is 19.9 Å². The summed E-state index contributed by atoms with van der Waals surface area (Å²) in [4.78, 5) is 16.8. The molecular formula is C25H34F4N2O2. The Hall–Kier alpha value is -1.96. The molecule has 2 aromatic rings. The van der Waals surface area contributed by atoms with Crippen LogP contribution in [-0.2, 0) is 16.8 Å². The number of carbonyl (C=O) groups excluding carboxylic acids is 1. The Morgan fingerprint density at radius 2 is 1.82 bits per heavy atom. The van der Waals surface area contributed by atoms with Gasteiger partial charge in [0, 0.05) is 31.7 Å². The Labute approximate surface area is 192 Å². The third-order valence-electron chi connectivity index (χ3n) is 6.43. The van der Waals surface area contributed by atoms with Crippen LogP contribution < -0.4 is 0 Å². The number of hydrogen-bond acceptors (Lipinski definition) is 3. The number of aromatic nitrogens is 2. The Balaban J connectivity index is 1.68. The van der Waals surface area contributed by atoms with Crippen LogP contribution in [0.4, 0.5) is 17.6 Å². The van der Waals surface area contributed by atoms with Gasteiger partial charge < -0.3 is 9.67 Å². The smallest absolute Gasteiger partial charge is 0.386 e. The van der Waals surface area contributed by atoms with Crippen molar-refractivity contribution < 1.29 is 27.5 Å². The van der Waals surface area contributed by atoms with Gasteiger partial charge in [-0.25, -0.2) is 9.37 Å². The summed E-state index contributed by atoms with van der Waals surface area (Å²) in [5.41, 5.74) is -0.828. The molecule has 8 heteroatoms. The van der Waals surface area contributed by atoms with Crippen molar-refractivity contribution in [3.05, 3.63) is 29.3 Å². The zero-order valence-electron chi connectivity index (χ0n) is 19.9. The molecule has 1 aliphatic rings. The van der Waals surface area contributed by atoms with Gasteiger partial charge in [0.15, 0.2) is 5.82 Å². The minimum Gasteiger partial charge on any atom is -0.386 e. The number of aliphatic hydroxyl groups is 1. The van der Waals surface area contributed by atoms with Crippen molar-refractivity contribution in [1.29, 1.82) is 0 Å². The summed E-state index contributed by atoms with van der Waals surface area (Å²) >= 11 is 0. The van der Waals surface area contributed by atoms with E-state index in [1.807, 2.05) is 0 Å². The molecule has 0 spiro atoms. The van der Waals surface area contributed by atoms with Crippen molar-refractivity contribution in [3.63, 3.8) is 0 Å². The number of Topliss-reactive ketones (excluding diaryl/α,β-unsaturated/α-hetero) is 1. The van der Waals surface area contributed by atoms with Crippen LogP contribution in [0.2, 0.25) is 0 Å². The Morgan fingerprint density at radius 3 is 2.36 bits per heavy atom. The van der Waals surface area contributed by atoms with E-state index in [0.29, 0.717) is 30.3 Å². The van der Waals surface area contributed by atoms with Gasteiger partial charge >= 0.3 is 6.18 Å². The van der Waals surface area contributed by atoms with Crippen LogP contribution in [0, 0.1) is 11.2 Å². The van der Waals surface area contributed by atoms with Gasteiger partial charge in [-0.05, 0) is 69.1 Å². The number of benzene rings is 1. The van der Waals surface area contributed by atoms with Gasteiger partial charge in [-0.2, -0.15) is 13.2 Å². The summed E-state index contributed by atoms with van der Waals surface area (Å²) in [6.07, 6.45) is -0.325. The van der Waals surface area contributed by atoms with Crippen molar-refractivity contribution in [1.82, 2.24) is 9.55 Å². The number of halogens is 4. The molecule has 1 fully saturated rings. The van der Waals surface area contributed by atoms with Gasteiger partial charge in [-0.1, -0.05) is 13.8 Å². The van der Waals surface area contributed by atoms with Crippen LogP contribution in [0.5, 0.6) is 0 Å². The first kappa shape index (κ1) is 25.7. The average molecular weight is 471 g/mol. The minimum atomic E-state index is -4.29. The first-order chi connectivity index (χ1) is 15.2. The van der Waals surface area contributed by atoms with Crippen molar-refractivity contribution in [3.8, 4) is 0 Å². The Kier molecular flexibility index (Phi) is 7.27. The second kappa shape index (κ2) is 9.35. The summed E-state index contributed by atoms with van der Waals surface area (Å²) < 4.78 is 54.9. The molecule has 0 amide bonds. The second-order valence-corrected chi connectivity index (χ2v) is 10.7. The number of alkyl halides is 3. The molecule has 0 aliphatic heterocycles. The third kappa shape index (κ3) is 6.55. The molecule has 1 aromatic heterocycles. The number of ketones is 1. The van der Waals surface area contributed by atoms with E-state index in [9.17, 15) is 27.5 Å². The predicted octanol–water partition coefficient (Wildman–Crippen LogP) is 6.78. The number of carbonyl (C=O) groups is 1. The normalized spacial score (nSPS) is 15.8. The average Bonchev–Trinajstić information content (AvgIpc) is 2.93. The maximum absolute atomic E-state index is 14.8. The number of aryl methyl sites for hydroxylation is 1. The SMILES string of the molecule is CC(C)(CC(=O)CCCCc1nc2c(F)cc(C(C)(C)O)cc2n1C1CCC1)CC(F)(F)F. The number of nitrogens with zero attached hydrogens (tertiary/aromatic N) is 2. The highest BCUT2D eigenvalue weighted by atomic mass is 19.4. The van der Waals surface area contributed by atoms with Gasteiger partial charge in [-0.15, -0.1) is 0 Å². The fraction of sp³-hybridized carbons (Fsp3) is 0.680. The molecule has 184 valence electrons. The molecule has 0 atom stereocenters. The lowest BCUT2D eigenvalue weighted by Crippen LogP contribution is -2.25. The van der Waals surface area contributed by atoms with Gasteiger partial charge in [0.2, 0.25) is 0 Å². The molecule has 0 radical (unpaired) electrons. The standard InChI is InChI=1S/C25H34F4N2O2/c1-23(2,15-25(27,28)29)14-18(32)10-5-6-11-21-30-22-19(26)12-16(24(3,4)33)13-20(22)31(21)17-8-7-9-17/h12-13,17,33H,5-11,14-15H2,1-4H3. The van der Waals surface area contributed by atoms with Gasteiger partial charge in [0.25, 0.3) is 0 Å². The Bertz CT molecular complexity index is 998. The molecule has 1 saturated carbocycles. The van der Waals surface area contributed by atoms with Gasteiger partial charge in [0.05, 0.1) is 11.1 Å². The fourth-order valence-corrected chi connectivity index (χ4v) is 4.62. The molecule has 0 unspecified atom stereocenters. The van der Waals surface area contributed by atoms with E-state index >= 15 is 0 Å². The number of imidazole rings is 1. The zero-order valence-corrected chi connectivity index (χ0v) is 19.9. The van der Waals surface area contributed by atoms with Crippen molar-refractivity contribution in [2.24, 2.45) is 5.41 Å². The van der Waals surface area contributed by atoms with Crippen LogP contribution >= 0.6 is 0 Å². The molecule has 4 nitrogen and oxygen atoms in total. The van der Waals surface area contributed by atoms with E-state index in [0.717, 1.165) is 25.1 Å². The summed E-state index contributed by atoms with van der Waals surface area (Å²) in [7, 11) is 0. The van der Waals surface area contributed by atoms with Gasteiger partial charge in [-0.3, -0.25) is 4.79 Å².